The molecule has 0 bridgehead atoms. The second-order valence-electron chi connectivity index (χ2n) is 5.68. The fraction of sp³-hybridized carbons (Fsp3) is 0.625. The Labute approximate surface area is 115 Å². The highest BCUT2D eigenvalue weighted by Gasteiger charge is 2.22. The zero-order valence-corrected chi connectivity index (χ0v) is 11.9. The molecule has 0 aromatic heterocycles. The number of nitrogens with one attached hydrogen (secondary N) is 1. The zero-order valence-electron chi connectivity index (χ0n) is 11.9. The Bertz CT molecular complexity index is 390. The van der Waals surface area contributed by atoms with Crippen molar-refractivity contribution < 1.29 is 9.13 Å². The molecule has 0 radical (unpaired) electrons. The van der Waals surface area contributed by atoms with Crippen molar-refractivity contribution in [1.82, 2.24) is 5.32 Å². The molecule has 1 unspecified atom stereocenters. The third-order valence-corrected chi connectivity index (χ3v) is 3.51. The molecule has 2 nitrogen and oxygen atoms in total. The molecule has 1 aliphatic rings. The van der Waals surface area contributed by atoms with Gasteiger partial charge in [0.05, 0.1) is 6.10 Å². The lowest BCUT2D eigenvalue weighted by Gasteiger charge is -2.21. The van der Waals surface area contributed by atoms with Gasteiger partial charge in [-0.15, -0.1) is 0 Å². The molecule has 0 aliphatic heterocycles. The number of ether oxygens (including phenoxy) is 1. The molecule has 2 rings (SSSR count). The summed E-state index contributed by atoms with van der Waals surface area (Å²) in [6.07, 6.45) is 3.57. The number of benzene rings is 1. The number of halogens is 1. The van der Waals surface area contributed by atoms with Crippen molar-refractivity contribution in [2.75, 3.05) is 13.2 Å². The van der Waals surface area contributed by atoms with Gasteiger partial charge in [-0.2, -0.15) is 0 Å². The first-order valence-electron chi connectivity index (χ1n) is 7.26. The van der Waals surface area contributed by atoms with Crippen molar-refractivity contribution in [2.24, 2.45) is 5.92 Å². The third-order valence-electron chi connectivity index (χ3n) is 3.51. The van der Waals surface area contributed by atoms with Gasteiger partial charge < -0.3 is 10.1 Å². The third kappa shape index (κ3) is 4.92. The molecule has 19 heavy (non-hydrogen) atoms. The minimum absolute atomic E-state index is 0.176. The van der Waals surface area contributed by atoms with Crippen molar-refractivity contribution in [1.29, 1.82) is 0 Å². The first-order chi connectivity index (χ1) is 9.16. The van der Waals surface area contributed by atoms with E-state index in [0.717, 1.165) is 18.9 Å². The van der Waals surface area contributed by atoms with Crippen molar-refractivity contribution in [3.8, 4) is 0 Å². The van der Waals surface area contributed by atoms with E-state index in [1.807, 2.05) is 12.1 Å². The van der Waals surface area contributed by atoms with E-state index in [0.29, 0.717) is 18.2 Å². The smallest absolute Gasteiger partial charge is 0.129 e. The van der Waals surface area contributed by atoms with Crippen LogP contribution in [0.1, 0.15) is 44.8 Å². The molecule has 3 heteroatoms. The topological polar surface area (TPSA) is 21.3 Å². The van der Waals surface area contributed by atoms with Crippen LogP contribution in [0.3, 0.4) is 0 Å². The van der Waals surface area contributed by atoms with E-state index in [1.165, 1.54) is 18.9 Å². The maximum atomic E-state index is 13.9. The standard InChI is InChI=1S/C16H24FNO/c1-12(2)18-11-16(19-10-9-13-7-8-13)14-5-3-4-6-15(14)17/h3-6,12-13,16,18H,7-11H2,1-2H3. The molecule has 0 spiro atoms. The van der Waals surface area contributed by atoms with Gasteiger partial charge in [-0.3, -0.25) is 0 Å². The quantitative estimate of drug-likeness (QED) is 0.774. The van der Waals surface area contributed by atoms with Gasteiger partial charge in [-0.25, -0.2) is 4.39 Å². The SMILES string of the molecule is CC(C)NCC(OCCC1CC1)c1ccccc1F. The molecular formula is C16H24FNO. The molecular weight excluding hydrogens is 241 g/mol. The van der Waals surface area contributed by atoms with E-state index in [9.17, 15) is 4.39 Å². The van der Waals surface area contributed by atoms with Crippen LogP contribution in [0.5, 0.6) is 0 Å². The van der Waals surface area contributed by atoms with Gasteiger partial charge in [0.25, 0.3) is 0 Å². The Morgan fingerprint density at radius 2 is 2.05 bits per heavy atom. The highest BCUT2D eigenvalue weighted by molar-refractivity contribution is 5.20. The van der Waals surface area contributed by atoms with Crippen molar-refractivity contribution >= 4 is 0 Å². The molecule has 0 heterocycles. The average Bonchev–Trinajstić information content (AvgIpc) is 3.18. The average molecular weight is 265 g/mol. The molecule has 1 N–H and O–H groups in total. The van der Waals surface area contributed by atoms with Gasteiger partial charge in [-0.05, 0) is 18.4 Å². The second-order valence-corrected chi connectivity index (χ2v) is 5.68. The van der Waals surface area contributed by atoms with Crippen LogP contribution in [0, 0.1) is 11.7 Å². The van der Waals surface area contributed by atoms with Crippen LogP contribution in [-0.2, 0) is 4.74 Å². The predicted molar refractivity (Wildman–Crippen MR) is 75.6 cm³/mol. The molecule has 1 atom stereocenters. The van der Waals surface area contributed by atoms with Crippen LogP contribution in [-0.4, -0.2) is 19.2 Å². The van der Waals surface area contributed by atoms with E-state index >= 15 is 0 Å². The van der Waals surface area contributed by atoms with Crippen LogP contribution in [0.2, 0.25) is 0 Å². The minimum atomic E-state index is -0.192. The minimum Gasteiger partial charge on any atom is -0.372 e. The first kappa shape index (κ1) is 14.5. The first-order valence-corrected chi connectivity index (χ1v) is 7.26. The Kier molecular flexibility index (Phi) is 5.34. The highest BCUT2D eigenvalue weighted by Crippen LogP contribution is 2.33. The fourth-order valence-electron chi connectivity index (χ4n) is 2.12. The summed E-state index contributed by atoms with van der Waals surface area (Å²) in [5.41, 5.74) is 0.659. The Hall–Kier alpha value is -0.930. The lowest BCUT2D eigenvalue weighted by atomic mass is 10.1. The summed E-state index contributed by atoms with van der Waals surface area (Å²) in [7, 11) is 0. The van der Waals surface area contributed by atoms with Crippen molar-refractivity contribution in [3.05, 3.63) is 35.6 Å². The van der Waals surface area contributed by atoms with Gasteiger partial charge in [0.1, 0.15) is 5.82 Å². The Balaban J connectivity index is 1.93. The number of hydrogen-bond donors (Lipinski definition) is 1. The maximum absolute atomic E-state index is 13.9. The van der Waals surface area contributed by atoms with E-state index < -0.39 is 0 Å². The van der Waals surface area contributed by atoms with Crippen LogP contribution in [0.25, 0.3) is 0 Å². The van der Waals surface area contributed by atoms with Crippen LogP contribution >= 0.6 is 0 Å². The van der Waals surface area contributed by atoms with Crippen LogP contribution < -0.4 is 5.32 Å². The largest absolute Gasteiger partial charge is 0.372 e. The maximum Gasteiger partial charge on any atom is 0.129 e. The Morgan fingerprint density at radius 3 is 2.68 bits per heavy atom. The van der Waals surface area contributed by atoms with Gasteiger partial charge in [0.15, 0.2) is 0 Å². The summed E-state index contributed by atoms with van der Waals surface area (Å²) in [6, 6.07) is 7.28. The second kappa shape index (κ2) is 7.01. The highest BCUT2D eigenvalue weighted by atomic mass is 19.1. The van der Waals surface area contributed by atoms with Crippen molar-refractivity contribution in [3.63, 3.8) is 0 Å². The summed E-state index contributed by atoms with van der Waals surface area (Å²) in [4.78, 5) is 0. The fourth-order valence-corrected chi connectivity index (χ4v) is 2.12. The molecule has 0 saturated heterocycles. The summed E-state index contributed by atoms with van der Waals surface area (Å²) in [5, 5.41) is 3.33. The molecule has 1 aliphatic carbocycles. The lowest BCUT2D eigenvalue weighted by Crippen LogP contribution is -2.29. The number of hydrogen-bond acceptors (Lipinski definition) is 2. The molecule has 0 amide bonds. The van der Waals surface area contributed by atoms with Gasteiger partial charge in [0.2, 0.25) is 0 Å². The van der Waals surface area contributed by atoms with E-state index in [4.69, 9.17) is 4.74 Å². The van der Waals surface area contributed by atoms with E-state index in [2.05, 4.69) is 19.2 Å². The van der Waals surface area contributed by atoms with Gasteiger partial charge in [0, 0.05) is 24.8 Å². The lowest BCUT2D eigenvalue weighted by molar-refractivity contribution is 0.0450. The van der Waals surface area contributed by atoms with Gasteiger partial charge >= 0.3 is 0 Å². The predicted octanol–water partition coefficient (Wildman–Crippen LogP) is 3.68. The summed E-state index contributed by atoms with van der Waals surface area (Å²) < 4.78 is 19.8. The summed E-state index contributed by atoms with van der Waals surface area (Å²) >= 11 is 0. The summed E-state index contributed by atoms with van der Waals surface area (Å²) in [5.74, 6) is 0.670. The van der Waals surface area contributed by atoms with E-state index in [1.54, 1.807) is 6.07 Å². The van der Waals surface area contributed by atoms with Crippen LogP contribution in [0.4, 0.5) is 4.39 Å². The van der Waals surface area contributed by atoms with Gasteiger partial charge in [-0.1, -0.05) is 44.9 Å². The molecule has 1 aromatic rings. The van der Waals surface area contributed by atoms with Crippen molar-refractivity contribution in [2.45, 2.75) is 45.3 Å². The summed E-state index contributed by atoms with van der Waals surface area (Å²) in [6.45, 7) is 5.55. The van der Waals surface area contributed by atoms with E-state index in [-0.39, 0.29) is 11.9 Å². The molecule has 1 aromatic carbocycles. The molecule has 1 saturated carbocycles. The Morgan fingerprint density at radius 1 is 1.32 bits per heavy atom. The monoisotopic (exact) mass is 265 g/mol. The number of rotatable bonds is 8. The normalized spacial score (nSPS) is 16.8. The molecule has 106 valence electrons. The van der Waals surface area contributed by atoms with Crippen LogP contribution in [0.15, 0.2) is 24.3 Å². The zero-order chi connectivity index (χ0) is 13.7. The molecule has 1 fully saturated rings.